The molecule has 21 heavy (non-hydrogen) atoms. The number of aryl methyl sites for hydroxylation is 6. The fraction of sp³-hybridized carbons (Fsp3) is 0.444. The summed E-state index contributed by atoms with van der Waals surface area (Å²) in [6, 6.07) is 8.95. The van der Waals surface area contributed by atoms with E-state index in [4.69, 9.17) is 0 Å². The van der Waals surface area contributed by atoms with Crippen LogP contribution in [0.5, 0.6) is 0 Å². The van der Waals surface area contributed by atoms with Gasteiger partial charge in [0.15, 0.2) is 0 Å². The second kappa shape index (κ2) is 12.7. The molecular formula is C18H26Cl2Zr. The SMILES string of the molecule is CCCc1cc(C)c[c-]1C.Cc1cc(C)[c-](C)c1.[Cl-].[Cl-].[Zr+4]. The summed E-state index contributed by atoms with van der Waals surface area (Å²) in [6.07, 6.45) is 2.49. The zero-order valence-corrected chi connectivity index (χ0v) is 17.9. The third-order valence-corrected chi connectivity index (χ3v) is 3.38. The Labute approximate surface area is 162 Å². The van der Waals surface area contributed by atoms with Crippen LogP contribution in [0.15, 0.2) is 24.3 Å². The first-order valence-corrected chi connectivity index (χ1v) is 6.87. The molecule has 0 bridgehead atoms. The standard InChI is InChI=1S/C10H15.C8H11.2ClH.Zr/c1-4-5-10-7-8(2)6-9(10)3;1-6-4-7(2)8(3)5-6;;;/h6-7H,4-5H2,1-3H3;4-5H,1-3H3;2*1H;/q2*-1;;;+4/p-2. The van der Waals surface area contributed by atoms with Crippen LogP contribution in [0.1, 0.15) is 46.7 Å². The van der Waals surface area contributed by atoms with Crippen molar-refractivity contribution in [1.82, 2.24) is 0 Å². The maximum absolute atomic E-state index is 2.29. The summed E-state index contributed by atoms with van der Waals surface area (Å²) in [4.78, 5) is 0. The molecule has 0 radical (unpaired) electrons. The molecule has 0 aliphatic heterocycles. The Kier molecular flexibility index (Phi) is 15.7. The molecule has 2 aromatic rings. The minimum Gasteiger partial charge on any atom is -1.00 e. The van der Waals surface area contributed by atoms with E-state index >= 15 is 0 Å². The minimum atomic E-state index is 0. The molecule has 0 spiro atoms. The van der Waals surface area contributed by atoms with Crippen molar-refractivity contribution in [3.05, 3.63) is 57.6 Å². The number of rotatable bonds is 2. The summed E-state index contributed by atoms with van der Waals surface area (Å²) in [5, 5.41) is 0. The summed E-state index contributed by atoms with van der Waals surface area (Å²) in [6.45, 7) is 13.0. The van der Waals surface area contributed by atoms with E-state index in [1.54, 1.807) is 0 Å². The van der Waals surface area contributed by atoms with Gasteiger partial charge < -0.3 is 24.8 Å². The van der Waals surface area contributed by atoms with Gasteiger partial charge in [0.25, 0.3) is 0 Å². The molecule has 0 nitrogen and oxygen atoms in total. The van der Waals surface area contributed by atoms with Gasteiger partial charge in [-0.1, -0.05) is 54.4 Å². The molecule has 0 fully saturated rings. The van der Waals surface area contributed by atoms with Crippen LogP contribution in [-0.4, -0.2) is 0 Å². The molecular weight excluding hydrogens is 378 g/mol. The fourth-order valence-electron chi connectivity index (χ4n) is 2.36. The van der Waals surface area contributed by atoms with Gasteiger partial charge >= 0.3 is 26.2 Å². The molecule has 0 aliphatic rings. The van der Waals surface area contributed by atoms with Gasteiger partial charge in [-0.3, -0.25) is 0 Å². The van der Waals surface area contributed by atoms with Crippen LogP contribution in [0.3, 0.4) is 0 Å². The molecule has 2 rings (SSSR count). The third kappa shape index (κ3) is 9.02. The Morgan fingerprint density at radius 3 is 1.57 bits per heavy atom. The Balaban J connectivity index is -0.000000274. The summed E-state index contributed by atoms with van der Waals surface area (Å²) >= 11 is 0. The Bertz CT molecular complexity index is 476. The first-order valence-electron chi connectivity index (χ1n) is 6.87. The monoisotopic (exact) mass is 402 g/mol. The van der Waals surface area contributed by atoms with Gasteiger partial charge in [-0.25, -0.2) is 23.3 Å². The van der Waals surface area contributed by atoms with Crippen molar-refractivity contribution in [1.29, 1.82) is 0 Å². The van der Waals surface area contributed by atoms with E-state index in [1.807, 2.05) is 0 Å². The third-order valence-electron chi connectivity index (χ3n) is 3.38. The molecule has 0 saturated carbocycles. The number of hydrogen-bond donors (Lipinski definition) is 0. The van der Waals surface area contributed by atoms with E-state index in [1.165, 1.54) is 46.2 Å². The molecule has 0 heterocycles. The van der Waals surface area contributed by atoms with Crippen molar-refractivity contribution in [2.24, 2.45) is 0 Å². The van der Waals surface area contributed by atoms with Crippen LogP contribution >= 0.6 is 0 Å². The van der Waals surface area contributed by atoms with Gasteiger partial charge in [-0.15, -0.1) is 0 Å². The van der Waals surface area contributed by atoms with E-state index in [0.29, 0.717) is 0 Å². The normalized spacial score (nSPS) is 8.67. The van der Waals surface area contributed by atoms with Gasteiger partial charge in [0.2, 0.25) is 0 Å². The van der Waals surface area contributed by atoms with E-state index in [2.05, 4.69) is 65.8 Å². The Hall–Kier alpha value is 0.163. The molecule has 0 saturated heterocycles. The van der Waals surface area contributed by atoms with Gasteiger partial charge in [-0.2, -0.15) is 34.4 Å². The van der Waals surface area contributed by atoms with Crippen molar-refractivity contribution in [3.8, 4) is 0 Å². The maximum Gasteiger partial charge on any atom is 4.00 e. The van der Waals surface area contributed by atoms with Crippen LogP contribution in [0, 0.1) is 34.6 Å². The van der Waals surface area contributed by atoms with Crippen molar-refractivity contribution in [2.45, 2.75) is 54.4 Å². The summed E-state index contributed by atoms with van der Waals surface area (Å²) in [7, 11) is 0. The fourth-order valence-corrected chi connectivity index (χ4v) is 2.36. The van der Waals surface area contributed by atoms with Crippen LogP contribution in [0.4, 0.5) is 0 Å². The molecule has 2 aromatic carbocycles. The van der Waals surface area contributed by atoms with Crippen molar-refractivity contribution in [3.63, 3.8) is 0 Å². The van der Waals surface area contributed by atoms with E-state index < -0.39 is 0 Å². The molecule has 3 heteroatoms. The number of halogens is 2. The maximum atomic E-state index is 2.29. The molecule has 0 amide bonds. The Morgan fingerprint density at radius 1 is 0.857 bits per heavy atom. The molecule has 0 unspecified atom stereocenters. The summed E-state index contributed by atoms with van der Waals surface area (Å²) < 4.78 is 0. The predicted molar refractivity (Wildman–Crippen MR) is 81.8 cm³/mol. The molecule has 0 aliphatic carbocycles. The van der Waals surface area contributed by atoms with Crippen LogP contribution in [-0.2, 0) is 32.6 Å². The Morgan fingerprint density at radius 2 is 1.33 bits per heavy atom. The van der Waals surface area contributed by atoms with Crippen LogP contribution < -0.4 is 24.8 Å². The first-order chi connectivity index (χ1) is 8.43. The number of hydrogen-bond acceptors (Lipinski definition) is 0. The van der Waals surface area contributed by atoms with E-state index in [0.717, 1.165) is 0 Å². The second-order valence-electron chi connectivity index (χ2n) is 5.39. The van der Waals surface area contributed by atoms with Crippen molar-refractivity contribution < 1.29 is 51.0 Å². The predicted octanol–water partition coefficient (Wildman–Crippen LogP) is -0.689. The van der Waals surface area contributed by atoms with E-state index in [-0.39, 0.29) is 51.0 Å². The van der Waals surface area contributed by atoms with Gasteiger partial charge in [-0.05, 0) is 0 Å². The summed E-state index contributed by atoms with van der Waals surface area (Å²) in [5.74, 6) is 0. The largest absolute Gasteiger partial charge is 4.00 e. The quantitative estimate of drug-likeness (QED) is 0.582. The topological polar surface area (TPSA) is 0 Å². The van der Waals surface area contributed by atoms with Gasteiger partial charge in [0.05, 0.1) is 0 Å². The summed E-state index contributed by atoms with van der Waals surface area (Å²) in [5.41, 5.74) is 8.57. The average molecular weight is 405 g/mol. The zero-order valence-electron chi connectivity index (χ0n) is 14.0. The average Bonchev–Trinajstić information content (AvgIpc) is 2.72. The second-order valence-corrected chi connectivity index (χ2v) is 5.39. The van der Waals surface area contributed by atoms with E-state index in [9.17, 15) is 0 Å². The van der Waals surface area contributed by atoms with Crippen LogP contribution in [0.2, 0.25) is 0 Å². The zero-order chi connectivity index (χ0) is 13.7. The molecule has 0 atom stereocenters. The molecule has 116 valence electrons. The van der Waals surface area contributed by atoms with Gasteiger partial charge in [0, 0.05) is 0 Å². The minimum absolute atomic E-state index is 0. The molecule has 0 aromatic heterocycles. The van der Waals surface area contributed by atoms with Crippen LogP contribution in [0.25, 0.3) is 0 Å². The molecule has 0 N–H and O–H groups in total. The first kappa shape index (κ1) is 26.1. The van der Waals surface area contributed by atoms with Crippen molar-refractivity contribution >= 4 is 0 Å². The van der Waals surface area contributed by atoms with Gasteiger partial charge in [0.1, 0.15) is 0 Å². The van der Waals surface area contributed by atoms with Crippen molar-refractivity contribution in [2.75, 3.05) is 0 Å². The smallest absolute Gasteiger partial charge is 1.00 e.